The molecule has 20 heavy (non-hydrogen) atoms. The minimum atomic E-state index is -0.395. The summed E-state index contributed by atoms with van der Waals surface area (Å²) in [4.78, 5) is 16.1. The summed E-state index contributed by atoms with van der Waals surface area (Å²) in [5.74, 6) is 1.48. The van der Waals surface area contributed by atoms with E-state index >= 15 is 0 Å². The zero-order chi connectivity index (χ0) is 15.3. The molecule has 1 saturated heterocycles. The van der Waals surface area contributed by atoms with Crippen LogP contribution in [0.5, 0.6) is 0 Å². The van der Waals surface area contributed by atoms with E-state index in [-0.39, 0.29) is 6.09 Å². The maximum Gasteiger partial charge on any atom is 0.410 e. The van der Waals surface area contributed by atoms with E-state index < -0.39 is 5.60 Å². The predicted molar refractivity (Wildman–Crippen MR) is 82.9 cm³/mol. The molecule has 118 valence electrons. The SMILES string of the molecule is CC(CC1CCN(C(=O)OC(C)(C)C)CC1)CN(C)C. The number of piperidine rings is 1. The van der Waals surface area contributed by atoms with E-state index in [1.165, 1.54) is 6.42 Å². The summed E-state index contributed by atoms with van der Waals surface area (Å²) in [5.41, 5.74) is -0.395. The van der Waals surface area contributed by atoms with Crippen LogP contribution in [0, 0.1) is 11.8 Å². The molecule has 1 fully saturated rings. The number of hydrogen-bond acceptors (Lipinski definition) is 3. The molecule has 1 amide bonds. The molecule has 0 bridgehead atoms. The van der Waals surface area contributed by atoms with Gasteiger partial charge in [0.15, 0.2) is 0 Å². The summed E-state index contributed by atoms with van der Waals surface area (Å²) in [7, 11) is 4.25. The van der Waals surface area contributed by atoms with Gasteiger partial charge in [0, 0.05) is 19.6 Å². The van der Waals surface area contributed by atoms with E-state index in [1.807, 2.05) is 25.7 Å². The van der Waals surface area contributed by atoms with Crippen LogP contribution in [0.4, 0.5) is 4.79 Å². The van der Waals surface area contributed by atoms with Crippen molar-refractivity contribution in [2.75, 3.05) is 33.7 Å². The normalized spacial score (nSPS) is 19.2. The van der Waals surface area contributed by atoms with E-state index in [0.29, 0.717) is 0 Å². The molecule has 0 aromatic carbocycles. The Kier molecular flexibility index (Phi) is 6.31. The van der Waals surface area contributed by atoms with Gasteiger partial charge in [-0.05, 0) is 66.0 Å². The molecule has 1 heterocycles. The number of carbonyl (C=O) groups is 1. The van der Waals surface area contributed by atoms with E-state index in [9.17, 15) is 4.79 Å². The first kappa shape index (κ1) is 17.3. The monoisotopic (exact) mass is 284 g/mol. The van der Waals surface area contributed by atoms with Crippen LogP contribution in [0.25, 0.3) is 0 Å². The molecule has 1 rings (SSSR count). The largest absolute Gasteiger partial charge is 0.444 e. The topological polar surface area (TPSA) is 32.8 Å². The van der Waals surface area contributed by atoms with Gasteiger partial charge in [0.25, 0.3) is 0 Å². The minimum absolute atomic E-state index is 0.155. The highest BCUT2D eigenvalue weighted by molar-refractivity contribution is 5.68. The van der Waals surface area contributed by atoms with Crippen molar-refractivity contribution in [1.29, 1.82) is 0 Å². The van der Waals surface area contributed by atoms with Crippen molar-refractivity contribution in [2.45, 2.75) is 52.6 Å². The van der Waals surface area contributed by atoms with Gasteiger partial charge in [-0.15, -0.1) is 0 Å². The van der Waals surface area contributed by atoms with E-state index in [0.717, 1.165) is 44.3 Å². The Labute approximate surface area is 124 Å². The molecule has 1 aliphatic heterocycles. The molecule has 4 nitrogen and oxygen atoms in total. The fourth-order valence-electron chi connectivity index (χ4n) is 2.94. The van der Waals surface area contributed by atoms with Crippen LogP contribution in [-0.2, 0) is 4.74 Å². The molecule has 1 atom stereocenters. The van der Waals surface area contributed by atoms with Crippen LogP contribution in [0.15, 0.2) is 0 Å². The first-order valence-electron chi connectivity index (χ1n) is 7.80. The summed E-state index contributed by atoms with van der Waals surface area (Å²) in [5, 5.41) is 0. The highest BCUT2D eigenvalue weighted by Crippen LogP contribution is 2.25. The van der Waals surface area contributed by atoms with Gasteiger partial charge >= 0.3 is 6.09 Å². The lowest BCUT2D eigenvalue weighted by Gasteiger charge is -2.34. The summed E-state index contributed by atoms with van der Waals surface area (Å²) in [6, 6.07) is 0. The molecule has 0 aliphatic carbocycles. The van der Waals surface area contributed by atoms with E-state index in [4.69, 9.17) is 4.74 Å². The fourth-order valence-corrected chi connectivity index (χ4v) is 2.94. The van der Waals surface area contributed by atoms with Crippen LogP contribution in [0.2, 0.25) is 0 Å². The summed E-state index contributed by atoms with van der Waals surface area (Å²) in [6.45, 7) is 10.9. The second kappa shape index (κ2) is 7.30. The van der Waals surface area contributed by atoms with Crippen molar-refractivity contribution in [1.82, 2.24) is 9.80 Å². The predicted octanol–water partition coefficient (Wildman–Crippen LogP) is 3.22. The molecule has 4 heteroatoms. The molecule has 0 spiro atoms. The van der Waals surface area contributed by atoms with Gasteiger partial charge in [-0.25, -0.2) is 4.79 Å². The second-order valence-electron chi connectivity index (χ2n) is 7.51. The molecular weight excluding hydrogens is 252 g/mol. The Bertz CT molecular complexity index is 302. The van der Waals surface area contributed by atoms with Gasteiger partial charge in [0.2, 0.25) is 0 Å². The number of nitrogens with zero attached hydrogens (tertiary/aromatic N) is 2. The Morgan fingerprint density at radius 3 is 2.30 bits per heavy atom. The number of amides is 1. The maximum atomic E-state index is 12.0. The Balaban J connectivity index is 2.31. The van der Waals surface area contributed by atoms with Crippen LogP contribution < -0.4 is 0 Å². The molecule has 0 aromatic heterocycles. The second-order valence-corrected chi connectivity index (χ2v) is 7.51. The average molecular weight is 284 g/mol. The lowest BCUT2D eigenvalue weighted by Crippen LogP contribution is -2.42. The Morgan fingerprint density at radius 1 is 1.30 bits per heavy atom. The minimum Gasteiger partial charge on any atom is -0.444 e. The highest BCUT2D eigenvalue weighted by Gasteiger charge is 2.27. The third kappa shape index (κ3) is 6.60. The third-order valence-electron chi connectivity index (χ3n) is 3.68. The van der Waals surface area contributed by atoms with Crippen LogP contribution in [-0.4, -0.2) is 55.2 Å². The van der Waals surface area contributed by atoms with Crippen molar-refractivity contribution >= 4 is 6.09 Å². The van der Waals surface area contributed by atoms with Gasteiger partial charge in [0.1, 0.15) is 5.60 Å². The zero-order valence-corrected chi connectivity index (χ0v) is 14.1. The Hall–Kier alpha value is -0.770. The van der Waals surface area contributed by atoms with Gasteiger partial charge in [0.05, 0.1) is 0 Å². The number of carbonyl (C=O) groups excluding carboxylic acids is 1. The molecule has 0 radical (unpaired) electrons. The quantitative estimate of drug-likeness (QED) is 0.794. The standard InChI is InChI=1S/C16H32N2O2/c1-13(12-17(5)6)11-14-7-9-18(10-8-14)15(19)20-16(2,3)4/h13-14H,7-12H2,1-6H3. The summed E-state index contributed by atoms with van der Waals surface area (Å²) >= 11 is 0. The maximum absolute atomic E-state index is 12.0. The number of rotatable bonds is 4. The van der Waals surface area contributed by atoms with Crippen molar-refractivity contribution < 1.29 is 9.53 Å². The molecule has 0 N–H and O–H groups in total. The van der Waals surface area contributed by atoms with Crippen molar-refractivity contribution in [3.8, 4) is 0 Å². The van der Waals surface area contributed by atoms with Crippen molar-refractivity contribution in [3.05, 3.63) is 0 Å². The molecule has 1 unspecified atom stereocenters. The molecule has 1 aliphatic rings. The zero-order valence-electron chi connectivity index (χ0n) is 14.1. The van der Waals surface area contributed by atoms with Gasteiger partial charge < -0.3 is 14.5 Å². The number of hydrogen-bond donors (Lipinski definition) is 0. The van der Waals surface area contributed by atoms with Gasteiger partial charge in [-0.2, -0.15) is 0 Å². The Morgan fingerprint density at radius 2 is 1.85 bits per heavy atom. The number of ether oxygens (including phenoxy) is 1. The van der Waals surface area contributed by atoms with E-state index in [1.54, 1.807) is 0 Å². The first-order chi connectivity index (χ1) is 9.17. The summed E-state index contributed by atoms with van der Waals surface area (Å²) in [6.07, 6.45) is 3.33. The third-order valence-corrected chi connectivity index (χ3v) is 3.68. The molecule has 0 saturated carbocycles. The fraction of sp³-hybridized carbons (Fsp3) is 0.938. The van der Waals surface area contributed by atoms with Gasteiger partial charge in [-0.3, -0.25) is 0 Å². The molecule has 0 aromatic rings. The first-order valence-corrected chi connectivity index (χ1v) is 7.80. The van der Waals surface area contributed by atoms with Crippen LogP contribution in [0.3, 0.4) is 0 Å². The summed E-state index contributed by atoms with van der Waals surface area (Å²) < 4.78 is 5.43. The highest BCUT2D eigenvalue weighted by atomic mass is 16.6. The van der Waals surface area contributed by atoms with E-state index in [2.05, 4.69) is 25.9 Å². The lowest BCUT2D eigenvalue weighted by atomic mass is 9.88. The van der Waals surface area contributed by atoms with Gasteiger partial charge in [-0.1, -0.05) is 6.92 Å². The average Bonchev–Trinajstić information content (AvgIpc) is 2.26. The molecular formula is C16H32N2O2. The van der Waals surface area contributed by atoms with Crippen LogP contribution in [0.1, 0.15) is 47.0 Å². The van der Waals surface area contributed by atoms with Crippen LogP contribution >= 0.6 is 0 Å². The number of likely N-dealkylation sites (tertiary alicyclic amines) is 1. The lowest BCUT2D eigenvalue weighted by molar-refractivity contribution is 0.0175. The van der Waals surface area contributed by atoms with Crippen molar-refractivity contribution in [2.24, 2.45) is 11.8 Å². The smallest absolute Gasteiger partial charge is 0.410 e. The van der Waals surface area contributed by atoms with Crippen molar-refractivity contribution in [3.63, 3.8) is 0 Å².